The molecule has 1 aliphatic rings. The number of amides is 1. The van der Waals surface area contributed by atoms with Crippen LogP contribution in [0.1, 0.15) is 38.6 Å². The van der Waals surface area contributed by atoms with E-state index >= 15 is 0 Å². The Morgan fingerprint density at radius 1 is 1.04 bits per heavy atom. The summed E-state index contributed by atoms with van der Waals surface area (Å²) < 4.78 is 5.80. The maximum absolute atomic E-state index is 12.4. The van der Waals surface area contributed by atoms with Crippen molar-refractivity contribution < 1.29 is 14.3 Å². The Kier molecular flexibility index (Phi) is 6.50. The van der Waals surface area contributed by atoms with Crippen molar-refractivity contribution in [2.45, 2.75) is 31.5 Å². The van der Waals surface area contributed by atoms with Gasteiger partial charge in [0.15, 0.2) is 6.10 Å². The van der Waals surface area contributed by atoms with Gasteiger partial charge in [-0.2, -0.15) is 0 Å². The maximum Gasteiger partial charge on any atom is 0.338 e. The SMILES string of the molecule is Cc1cccc(C)c1NC(=O)[C@H](C)OC(=O)c1ccc(C2SCCS2)cc1. The van der Waals surface area contributed by atoms with E-state index in [-0.39, 0.29) is 5.91 Å². The fourth-order valence-electron chi connectivity index (χ4n) is 2.85. The fraction of sp³-hybridized carbons (Fsp3) is 0.333. The summed E-state index contributed by atoms with van der Waals surface area (Å²) in [6.07, 6.45) is -0.878. The molecular formula is C21H23NO3S2. The molecule has 0 spiro atoms. The van der Waals surface area contributed by atoms with Crippen LogP contribution >= 0.6 is 23.5 Å². The molecule has 1 fully saturated rings. The van der Waals surface area contributed by atoms with E-state index in [9.17, 15) is 9.59 Å². The van der Waals surface area contributed by atoms with E-state index in [1.807, 2.05) is 67.7 Å². The Balaban J connectivity index is 1.60. The topological polar surface area (TPSA) is 55.4 Å². The van der Waals surface area contributed by atoms with E-state index in [0.29, 0.717) is 10.1 Å². The third-order valence-corrected chi connectivity index (χ3v) is 7.53. The van der Waals surface area contributed by atoms with Crippen molar-refractivity contribution in [1.29, 1.82) is 0 Å². The lowest BCUT2D eigenvalue weighted by Crippen LogP contribution is -2.30. The van der Waals surface area contributed by atoms with Crippen LogP contribution in [0.2, 0.25) is 0 Å². The molecule has 4 nitrogen and oxygen atoms in total. The van der Waals surface area contributed by atoms with Crippen LogP contribution in [0.25, 0.3) is 0 Å². The largest absolute Gasteiger partial charge is 0.449 e. The van der Waals surface area contributed by atoms with Crippen molar-refractivity contribution in [1.82, 2.24) is 0 Å². The first kappa shape index (κ1) is 19.8. The van der Waals surface area contributed by atoms with E-state index in [2.05, 4.69) is 5.32 Å². The van der Waals surface area contributed by atoms with Crippen LogP contribution in [0.3, 0.4) is 0 Å². The smallest absolute Gasteiger partial charge is 0.338 e. The van der Waals surface area contributed by atoms with Gasteiger partial charge >= 0.3 is 5.97 Å². The van der Waals surface area contributed by atoms with Gasteiger partial charge in [0.1, 0.15) is 0 Å². The number of rotatable bonds is 5. The normalized spacial score (nSPS) is 15.4. The summed E-state index contributed by atoms with van der Waals surface area (Å²) >= 11 is 3.84. The number of aryl methyl sites for hydroxylation is 2. The molecule has 3 rings (SSSR count). The minimum Gasteiger partial charge on any atom is -0.449 e. The number of nitrogens with one attached hydrogen (secondary N) is 1. The Labute approximate surface area is 168 Å². The molecule has 1 heterocycles. The van der Waals surface area contributed by atoms with Crippen molar-refractivity contribution in [3.63, 3.8) is 0 Å². The zero-order valence-corrected chi connectivity index (χ0v) is 17.3. The molecule has 0 unspecified atom stereocenters. The van der Waals surface area contributed by atoms with Crippen molar-refractivity contribution in [2.75, 3.05) is 16.8 Å². The molecule has 1 N–H and O–H groups in total. The highest BCUT2D eigenvalue weighted by atomic mass is 32.2. The highest BCUT2D eigenvalue weighted by Gasteiger charge is 2.21. The molecular weight excluding hydrogens is 378 g/mol. The third kappa shape index (κ3) is 4.87. The molecule has 2 aromatic carbocycles. The quantitative estimate of drug-likeness (QED) is 0.717. The van der Waals surface area contributed by atoms with E-state index in [1.165, 1.54) is 5.56 Å². The van der Waals surface area contributed by atoms with Crippen LogP contribution in [0.5, 0.6) is 0 Å². The Hall–Kier alpha value is -1.92. The lowest BCUT2D eigenvalue weighted by atomic mass is 10.1. The zero-order valence-electron chi connectivity index (χ0n) is 15.7. The monoisotopic (exact) mass is 401 g/mol. The molecule has 1 saturated heterocycles. The molecule has 2 aromatic rings. The predicted molar refractivity (Wildman–Crippen MR) is 114 cm³/mol. The first-order valence-electron chi connectivity index (χ1n) is 8.87. The van der Waals surface area contributed by atoms with E-state index in [0.717, 1.165) is 28.3 Å². The number of thioether (sulfide) groups is 2. The van der Waals surface area contributed by atoms with Gasteiger partial charge in [-0.3, -0.25) is 4.79 Å². The number of carbonyl (C=O) groups excluding carboxylic acids is 2. The first-order valence-corrected chi connectivity index (χ1v) is 11.0. The number of anilines is 1. The molecule has 1 amide bonds. The summed E-state index contributed by atoms with van der Waals surface area (Å²) in [5.74, 6) is 1.49. The lowest BCUT2D eigenvalue weighted by molar-refractivity contribution is -0.123. The molecule has 6 heteroatoms. The number of hydrogen-bond acceptors (Lipinski definition) is 5. The van der Waals surface area contributed by atoms with E-state index in [1.54, 1.807) is 19.1 Å². The summed E-state index contributed by atoms with van der Waals surface area (Å²) in [7, 11) is 0. The number of ether oxygens (including phenoxy) is 1. The van der Waals surface area contributed by atoms with Crippen LogP contribution < -0.4 is 5.32 Å². The van der Waals surface area contributed by atoms with Crippen LogP contribution in [-0.4, -0.2) is 29.5 Å². The van der Waals surface area contributed by atoms with Crippen molar-refractivity contribution in [3.05, 3.63) is 64.7 Å². The number of hydrogen-bond donors (Lipinski definition) is 1. The standard InChI is InChI=1S/C21H23NO3S2/c1-13-5-4-6-14(2)18(13)22-19(23)15(3)25-20(24)16-7-9-17(10-8-16)21-26-11-12-27-21/h4-10,15,21H,11-12H2,1-3H3,(H,22,23)/t15-/m0/s1. The number of carbonyl (C=O) groups is 2. The van der Waals surface area contributed by atoms with Gasteiger partial charge in [0.25, 0.3) is 5.91 Å². The second-order valence-electron chi connectivity index (χ2n) is 6.50. The Morgan fingerprint density at radius 3 is 2.22 bits per heavy atom. The van der Waals surface area contributed by atoms with Gasteiger partial charge in [-0.25, -0.2) is 4.79 Å². The van der Waals surface area contributed by atoms with Crippen LogP contribution in [0, 0.1) is 13.8 Å². The van der Waals surface area contributed by atoms with Gasteiger partial charge in [-0.15, -0.1) is 23.5 Å². The second-order valence-corrected chi connectivity index (χ2v) is 9.22. The molecule has 0 saturated carbocycles. The van der Waals surface area contributed by atoms with Gasteiger partial charge in [0.2, 0.25) is 0 Å². The van der Waals surface area contributed by atoms with Gasteiger partial charge < -0.3 is 10.1 Å². The van der Waals surface area contributed by atoms with Gasteiger partial charge in [0, 0.05) is 17.2 Å². The molecule has 0 radical (unpaired) electrons. The van der Waals surface area contributed by atoms with Crippen molar-refractivity contribution in [2.24, 2.45) is 0 Å². The average molecular weight is 402 g/mol. The second kappa shape index (κ2) is 8.85. The molecule has 0 aliphatic carbocycles. The molecule has 1 atom stereocenters. The van der Waals surface area contributed by atoms with Crippen LogP contribution in [0.4, 0.5) is 5.69 Å². The minimum atomic E-state index is -0.878. The summed E-state index contributed by atoms with van der Waals surface area (Å²) in [4.78, 5) is 24.8. The van der Waals surface area contributed by atoms with E-state index < -0.39 is 12.1 Å². The maximum atomic E-state index is 12.4. The number of para-hydroxylation sites is 1. The van der Waals surface area contributed by atoms with Crippen LogP contribution in [-0.2, 0) is 9.53 Å². The molecule has 27 heavy (non-hydrogen) atoms. The highest BCUT2D eigenvalue weighted by Crippen LogP contribution is 2.45. The molecule has 0 aromatic heterocycles. The van der Waals surface area contributed by atoms with Crippen LogP contribution in [0.15, 0.2) is 42.5 Å². The zero-order chi connectivity index (χ0) is 19.4. The number of benzene rings is 2. The van der Waals surface area contributed by atoms with E-state index in [4.69, 9.17) is 4.74 Å². The predicted octanol–water partition coefficient (Wildman–Crippen LogP) is 4.97. The molecule has 1 aliphatic heterocycles. The van der Waals surface area contributed by atoms with Gasteiger partial charge in [-0.05, 0) is 49.6 Å². The average Bonchev–Trinajstić information content (AvgIpc) is 3.19. The minimum absolute atomic E-state index is 0.337. The summed E-state index contributed by atoms with van der Waals surface area (Å²) in [5.41, 5.74) is 4.37. The third-order valence-electron chi connectivity index (χ3n) is 4.42. The summed E-state index contributed by atoms with van der Waals surface area (Å²) in [5, 5.41) is 2.86. The molecule has 0 bridgehead atoms. The van der Waals surface area contributed by atoms with Gasteiger partial charge in [0.05, 0.1) is 10.1 Å². The Morgan fingerprint density at radius 2 is 1.63 bits per heavy atom. The highest BCUT2D eigenvalue weighted by molar-refractivity contribution is 8.19. The molecule has 142 valence electrons. The fourth-order valence-corrected chi connectivity index (χ4v) is 5.71. The van der Waals surface area contributed by atoms with Crippen molar-refractivity contribution >= 4 is 41.1 Å². The lowest BCUT2D eigenvalue weighted by Gasteiger charge is -2.16. The Bertz CT molecular complexity index is 810. The first-order chi connectivity index (χ1) is 13.0. The van der Waals surface area contributed by atoms with Crippen molar-refractivity contribution in [3.8, 4) is 0 Å². The summed E-state index contributed by atoms with van der Waals surface area (Å²) in [6, 6.07) is 13.3. The number of esters is 1. The summed E-state index contributed by atoms with van der Waals surface area (Å²) in [6.45, 7) is 5.45. The van der Waals surface area contributed by atoms with Gasteiger partial charge in [-0.1, -0.05) is 30.3 Å².